The molecule has 1 atom stereocenters. The predicted molar refractivity (Wildman–Crippen MR) is 90.4 cm³/mol. The highest BCUT2D eigenvalue weighted by Gasteiger charge is 2.40. The SMILES string of the molecule is CC1=C(c2ccccc2)[C@@H]1C(=O)NCC(C)(C)N1CCCC1. The van der Waals surface area contributed by atoms with Gasteiger partial charge >= 0.3 is 0 Å². The standard InChI is InChI=1S/C19H26N2O/c1-14-16(15-9-5-4-6-10-15)17(14)18(22)20-13-19(2,3)21-11-7-8-12-21/h4-6,9-10,17H,7-8,11-13H2,1-3H3,(H,20,22)/t17-/m1/s1. The zero-order chi connectivity index (χ0) is 15.7. The molecule has 1 aliphatic heterocycles. The Labute approximate surface area is 133 Å². The van der Waals surface area contributed by atoms with Crippen molar-refractivity contribution < 1.29 is 4.79 Å². The van der Waals surface area contributed by atoms with Crippen LogP contribution in [0.25, 0.3) is 5.57 Å². The lowest BCUT2D eigenvalue weighted by molar-refractivity contribution is -0.122. The summed E-state index contributed by atoms with van der Waals surface area (Å²) < 4.78 is 0. The third-order valence-electron chi connectivity index (χ3n) is 5.07. The zero-order valence-corrected chi connectivity index (χ0v) is 13.9. The van der Waals surface area contributed by atoms with E-state index in [4.69, 9.17) is 0 Å². The lowest BCUT2D eigenvalue weighted by Crippen LogP contribution is -2.50. The number of rotatable bonds is 5. The predicted octanol–water partition coefficient (Wildman–Crippen LogP) is 3.08. The molecule has 1 amide bonds. The number of hydrogen-bond acceptors (Lipinski definition) is 2. The molecule has 1 aromatic carbocycles. The fraction of sp³-hybridized carbons (Fsp3) is 0.526. The first kappa shape index (κ1) is 15.3. The summed E-state index contributed by atoms with van der Waals surface area (Å²) >= 11 is 0. The van der Waals surface area contributed by atoms with E-state index in [1.165, 1.54) is 29.6 Å². The molecule has 1 saturated heterocycles. The minimum atomic E-state index is -0.0169. The summed E-state index contributed by atoms with van der Waals surface area (Å²) in [6.07, 6.45) is 2.55. The van der Waals surface area contributed by atoms with Gasteiger partial charge in [-0.25, -0.2) is 0 Å². The number of nitrogens with zero attached hydrogens (tertiary/aromatic N) is 1. The molecule has 22 heavy (non-hydrogen) atoms. The molecule has 3 heteroatoms. The van der Waals surface area contributed by atoms with E-state index in [9.17, 15) is 4.79 Å². The van der Waals surface area contributed by atoms with Crippen LogP contribution in [-0.4, -0.2) is 36.0 Å². The van der Waals surface area contributed by atoms with Gasteiger partial charge in [0.1, 0.15) is 0 Å². The molecule has 0 radical (unpaired) electrons. The molecule has 2 aliphatic rings. The first-order chi connectivity index (χ1) is 10.5. The maximum Gasteiger partial charge on any atom is 0.231 e. The number of carbonyl (C=O) groups is 1. The summed E-state index contributed by atoms with van der Waals surface area (Å²) in [6, 6.07) is 10.2. The van der Waals surface area contributed by atoms with Gasteiger partial charge in [-0.15, -0.1) is 0 Å². The molecule has 3 nitrogen and oxygen atoms in total. The van der Waals surface area contributed by atoms with Crippen LogP contribution in [0.1, 0.15) is 39.2 Å². The Morgan fingerprint density at radius 2 is 1.86 bits per heavy atom. The van der Waals surface area contributed by atoms with E-state index in [1.54, 1.807) is 0 Å². The molecule has 3 rings (SSSR count). The Hall–Kier alpha value is -1.61. The van der Waals surface area contributed by atoms with Gasteiger partial charge in [-0.1, -0.05) is 35.9 Å². The first-order valence-electron chi connectivity index (χ1n) is 8.29. The van der Waals surface area contributed by atoms with Crippen molar-refractivity contribution >= 4 is 11.5 Å². The Balaban J connectivity index is 1.56. The fourth-order valence-corrected chi connectivity index (χ4v) is 3.51. The molecular weight excluding hydrogens is 272 g/mol. The van der Waals surface area contributed by atoms with Gasteiger partial charge in [-0.2, -0.15) is 0 Å². The van der Waals surface area contributed by atoms with Crippen molar-refractivity contribution in [2.45, 2.75) is 39.2 Å². The van der Waals surface area contributed by atoms with E-state index in [-0.39, 0.29) is 17.4 Å². The van der Waals surface area contributed by atoms with Crippen LogP contribution in [0.2, 0.25) is 0 Å². The van der Waals surface area contributed by atoms with Crippen LogP contribution in [0, 0.1) is 5.92 Å². The maximum absolute atomic E-state index is 12.5. The molecule has 1 aliphatic carbocycles. The van der Waals surface area contributed by atoms with Crippen molar-refractivity contribution in [3.8, 4) is 0 Å². The van der Waals surface area contributed by atoms with Crippen molar-refractivity contribution in [1.29, 1.82) is 0 Å². The molecule has 1 N–H and O–H groups in total. The van der Waals surface area contributed by atoms with Gasteiger partial charge in [-0.05, 0) is 57.8 Å². The Morgan fingerprint density at radius 3 is 2.50 bits per heavy atom. The van der Waals surface area contributed by atoms with Crippen LogP contribution in [-0.2, 0) is 4.79 Å². The monoisotopic (exact) mass is 298 g/mol. The zero-order valence-electron chi connectivity index (χ0n) is 13.9. The third kappa shape index (κ3) is 2.95. The molecule has 0 bridgehead atoms. The van der Waals surface area contributed by atoms with Gasteiger partial charge in [0, 0.05) is 12.1 Å². The molecular formula is C19H26N2O. The molecule has 0 unspecified atom stereocenters. The van der Waals surface area contributed by atoms with E-state index in [1.807, 2.05) is 18.2 Å². The number of likely N-dealkylation sites (tertiary alicyclic amines) is 1. The lowest BCUT2D eigenvalue weighted by atomic mass is 10.0. The minimum Gasteiger partial charge on any atom is -0.353 e. The molecule has 1 aromatic rings. The highest BCUT2D eigenvalue weighted by molar-refractivity contribution is 6.05. The fourth-order valence-electron chi connectivity index (χ4n) is 3.51. The topological polar surface area (TPSA) is 32.3 Å². The van der Waals surface area contributed by atoms with E-state index in [0.717, 1.165) is 19.6 Å². The number of amides is 1. The molecule has 0 saturated carbocycles. The van der Waals surface area contributed by atoms with Gasteiger partial charge in [0.15, 0.2) is 0 Å². The summed E-state index contributed by atoms with van der Waals surface area (Å²) in [6.45, 7) is 9.54. The lowest BCUT2D eigenvalue weighted by Gasteiger charge is -2.35. The first-order valence-corrected chi connectivity index (χ1v) is 8.29. The van der Waals surface area contributed by atoms with Crippen LogP contribution in [0.4, 0.5) is 0 Å². The van der Waals surface area contributed by atoms with Crippen molar-refractivity contribution in [3.05, 3.63) is 41.5 Å². The summed E-state index contributed by atoms with van der Waals surface area (Å²) in [4.78, 5) is 15.0. The Bertz CT molecular complexity index is 583. The molecule has 1 heterocycles. The molecule has 0 aromatic heterocycles. The van der Waals surface area contributed by atoms with E-state index in [2.05, 4.69) is 43.1 Å². The highest BCUT2D eigenvalue weighted by Crippen LogP contribution is 2.46. The second kappa shape index (κ2) is 5.88. The van der Waals surface area contributed by atoms with Crippen LogP contribution >= 0.6 is 0 Å². The van der Waals surface area contributed by atoms with Gasteiger partial charge in [0.2, 0.25) is 5.91 Å². The smallest absolute Gasteiger partial charge is 0.231 e. The van der Waals surface area contributed by atoms with E-state index < -0.39 is 0 Å². The maximum atomic E-state index is 12.5. The van der Waals surface area contributed by atoms with Crippen molar-refractivity contribution in [3.63, 3.8) is 0 Å². The Morgan fingerprint density at radius 1 is 1.23 bits per heavy atom. The normalized spacial score (nSPS) is 22.0. The average molecular weight is 298 g/mol. The highest BCUT2D eigenvalue weighted by atomic mass is 16.2. The van der Waals surface area contributed by atoms with Crippen LogP contribution in [0.3, 0.4) is 0 Å². The van der Waals surface area contributed by atoms with Crippen molar-refractivity contribution in [1.82, 2.24) is 10.2 Å². The minimum absolute atomic E-state index is 0.0169. The third-order valence-corrected chi connectivity index (χ3v) is 5.07. The Kier molecular flexibility index (Phi) is 4.09. The van der Waals surface area contributed by atoms with Crippen molar-refractivity contribution in [2.24, 2.45) is 5.92 Å². The molecule has 118 valence electrons. The summed E-state index contributed by atoms with van der Waals surface area (Å²) in [7, 11) is 0. The summed E-state index contributed by atoms with van der Waals surface area (Å²) in [5.41, 5.74) is 3.64. The number of benzene rings is 1. The summed E-state index contributed by atoms with van der Waals surface area (Å²) in [5.74, 6) is 0.139. The van der Waals surface area contributed by atoms with E-state index in [0.29, 0.717) is 0 Å². The second-order valence-corrected chi connectivity index (χ2v) is 7.12. The van der Waals surface area contributed by atoms with Crippen molar-refractivity contribution in [2.75, 3.05) is 19.6 Å². The summed E-state index contributed by atoms with van der Waals surface area (Å²) in [5, 5.41) is 3.17. The molecule has 1 fully saturated rings. The number of nitrogens with one attached hydrogen (secondary N) is 1. The second-order valence-electron chi connectivity index (χ2n) is 7.12. The average Bonchev–Trinajstić information content (AvgIpc) is 2.92. The van der Waals surface area contributed by atoms with Gasteiger partial charge in [0.25, 0.3) is 0 Å². The largest absolute Gasteiger partial charge is 0.353 e. The number of hydrogen-bond donors (Lipinski definition) is 1. The number of carbonyl (C=O) groups excluding carboxylic acids is 1. The van der Waals surface area contributed by atoms with E-state index >= 15 is 0 Å². The quantitative estimate of drug-likeness (QED) is 0.906. The van der Waals surface area contributed by atoms with Gasteiger partial charge in [-0.3, -0.25) is 9.69 Å². The van der Waals surface area contributed by atoms with Gasteiger partial charge in [0.05, 0.1) is 5.92 Å². The van der Waals surface area contributed by atoms with Gasteiger partial charge < -0.3 is 5.32 Å². The van der Waals surface area contributed by atoms with Crippen LogP contribution in [0.15, 0.2) is 35.9 Å². The molecule has 0 spiro atoms. The van der Waals surface area contributed by atoms with Crippen LogP contribution in [0.5, 0.6) is 0 Å². The van der Waals surface area contributed by atoms with Crippen LogP contribution < -0.4 is 5.32 Å².